The normalized spacial score (nSPS) is 16.1. The van der Waals surface area contributed by atoms with Crippen molar-refractivity contribution in [2.75, 3.05) is 30.0 Å². The van der Waals surface area contributed by atoms with Gasteiger partial charge >= 0.3 is 12.1 Å². The SMILES string of the molecule is CCOc1ccccc1N1C[C@@H](C(=O)OCC(=O)Nc2cccc(C(F)(F)F)c2)CC1=O. The number of nitrogens with one attached hydrogen (secondary N) is 1. The Hall–Kier alpha value is -3.56. The van der Waals surface area contributed by atoms with Crippen molar-refractivity contribution < 1.29 is 37.0 Å². The standard InChI is InChI=1S/C22H21F3N2O5/c1-2-31-18-9-4-3-8-17(18)27-12-14(10-20(27)29)21(30)32-13-19(28)26-16-7-5-6-15(11-16)22(23,24)25/h3-9,11,14H,2,10,12-13H2,1H3,(H,26,28)/t14-/m0/s1. The molecule has 0 aliphatic carbocycles. The molecule has 2 aromatic carbocycles. The summed E-state index contributed by atoms with van der Waals surface area (Å²) in [6.07, 6.45) is -4.64. The number of hydrogen-bond acceptors (Lipinski definition) is 5. The molecule has 1 aliphatic rings. The summed E-state index contributed by atoms with van der Waals surface area (Å²) >= 11 is 0. The lowest BCUT2D eigenvalue weighted by Crippen LogP contribution is -2.28. The predicted molar refractivity (Wildman–Crippen MR) is 109 cm³/mol. The molecule has 2 amide bonds. The van der Waals surface area contributed by atoms with Crippen molar-refractivity contribution in [3.05, 3.63) is 54.1 Å². The molecule has 170 valence electrons. The fraction of sp³-hybridized carbons (Fsp3) is 0.318. The summed E-state index contributed by atoms with van der Waals surface area (Å²) < 4.78 is 48.8. The number of halogens is 3. The van der Waals surface area contributed by atoms with Crippen molar-refractivity contribution in [2.24, 2.45) is 5.92 Å². The highest BCUT2D eigenvalue weighted by molar-refractivity contribution is 6.01. The van der Waals surface area contributed by atoms with E-state index < -0.39 is 36.1 Å². The fourth-order valence-corrected chi connectivity index (χ4v) is 3.28. The first-order valence-corrected chi connectivity index (χ1v) is 9.85. The van der Waals surface area contributed by atoms with Gasteiger partial charge in [0.05, 0.1) is 23.8 Å². The maximum atomic E-state index is 12.8. The van der Waals surface area contributed by atoms with Crippen LogP contribution in [0, 0.1) is 5.92 Å². The Balaban J connectivity index is 1.56. The lowest BCUT2D eigenvalue weighted by Gasteiger charge is -2.20. The molecule has 0 bridgehead atoms. The second kappa shape index (κ2) is 9.71. The van der Waals surface area contributed by atoms with Crippen LogP contribution in [0.2, 0.25) is 0 Å². The Morgan fingerprint density at radius 2 is 1.91 bits per heavy atom. The molecule has 1 atom stereocenters. The number of hydrogen-bond donors (Lipinski definition) is 1. The number of para-hydroxylation sites is 2. The van der Waals surface area contributed by atoms with Crippen molar-refractivity contribution >= 4 is 29.2 Å². The maximum Gasteiger partial charge on any atom is 0.416 e. The van der Waals surface area contributed by atoms with Gasteiger partial charge in [-0.2, -0.15) is 13.2 Å². The van der Waals surface area contributed by atoms with E-state index in [4.69, 9.17) is 9.47 Å². The number of nitrogens with zero attached hydrogens (tertiary/aromatic N) is 1. The molecular formula is C22H21F3N2O5. The smallest absolute Gasteiger partial charge is 0.416 e. The van der Waals surface area contributed by atoms with Crippen molar-refractivity contribution in [3.8, 4) is 5.75 Å². The zero-order chi connectivity index (χ0) is 23.3. The molecule has 0 saturated carbocycles. The Labute approximate surface area is 182 Å². The largest absolute Gasteiger partial charge is 0.492 e. The van der Waals surface area contributed by atoms with Crippen LogP contribution >= 0.6 is 0 Å². The number of carbonyl (C=O) groups excluding carboxylic acids is 3. The first-order chi connectivity index (χ1) is 15.2. The van der Waals surface area contributed by atoms with Crippen LogP contribution in [0.5, 0.6) is 5.75 Å². The van der Waals surface area contributed by atoms with Gasteiger partial charge in [-0.3, -0.25) is 14.4 Å². The molecule has 32 heavy (non-hydrogen) atoms. The number of ether oxygens (including phenoxy) is 2. The molecule has 0 spiro atoms. The van der Waals surface area contributed by atoms with Crippen LogP contribution in [0.4, 0.5) is 24.5 Å². The van der Waals surface area contributed by atoms with E-state index in [-0.39, 0.29) is 24.6 Å². The molecule has 0 unspecified atom stereocenters. The van der Waals surface area contributed by atoms with Crippen molar-refractivity contribution in [3.63, 3.8) is 0 Å². The number of carbonyl (C=O) groups is 3. The van der Waals surface area contributed by atoms with Crippen LogP contribution in [-0.4, -0.2) is 37.5 Å². The average molecular weight is 450 g/mol. The Morgan fingerprint density at radius 3 is 2.62 bits per heavy atom. The second-order valence-electron chi connectivity index (χ2n) is 7.04. The molecule has 2 aromatic rings. The molecule has 10 heteroatoms. The van der Waals surface area contributed by atoms with E-state index in [0.29, 0.717) is 18.0 Å². The molecule has 1 N–H and O–H groups in total. The fourth-order valence-electron chi connectivity index (χ4n) is 3.28. The van der Waals surface area contributed by atoms with Crippen LogP contribution in [0.25, 0.3) is 0 Å². The van der Waals surface area contributed by atoms with E-state index in [0.717, 1.165) is 18.2 Å². The van der Waals surface area contributed by atoms with E-state index in [1.54, 1.807) is 24.3 Å². The lowest BCUT2D eigenvalue weighted by molar-refractivity contribution is -0.151. The van der Waals surface area contributed by atoms with Gasteiger partial charge in [0, 0.05) is 18.7 Å². The zero-order valence-corrected chi connectivity index (χ0v) is 17.1. The van der Waals surface area contributed by atoms with Crippen molar-refractivity contribution in [1.29, 1.82) is 0 Å². The molecule has 7 nitrogen and oxygen atoms in total. The van der Waals surface area contributed by atoms with Gasteiger partial charge in [0.2, 0.25) is 5.91 Å². The van der Waals surface area contributed by atoms with Crippen molar-refractivity contribution in [1.82, 2.24) is 0 Å². The summed E-state index contributed by atoms with van der Waals surface area (Å²) in [4.78, 5) is 38.2. The maximum absolute atomic E-state index is 12.8. The lowest BCUT2D eigenvalue weighted by atomic mass is 10.1. The van der Waals surface area contributed by atoms with E-state index in [1.807, 2.05) is 6.92 Å². The quantitative estimate of drug-likeness (QED) is 0.651. The number of alkyl halides is 3. The van der Waals surface area contributed by atoms with Crippen LogP contribution in [0.1, 0.15) is 18.9 Å². The van der Waals surface area contributed by atoms with E-state index >= 15 is 0 Å². The highest BCUT2D eigenvalue weighted by Crippen LogP contribution is 2.33. The number of rotatable bonds is 7. The zero-order valence-electron chi connectivity index (χ0n) is 17.1. The average Bonchev–Trinajstić information content (AvgIpc) is 3.14. The topological polar surface area (TPSA) is 84.9 Å². The third kappa shape index (κ3) is 5.57. The summed E-state index contributed by atoms with van der Waals surface area (Å²) in [6.45, 7) is 1.60. The number of anilines is 2. The monoisotopic (exact) mass is 450 g/mol. The molecule has 3 rings (SSSR count). The van der Waals surface area contributed by atoms with E-state index in [2.05, 4.69) is 5.32 Å². The van der Waals surface area contributed by atoms with Gasteiger partial charge in [-0.15, -0.1) is 0 Å². The first kappa shape index (κ1) is 23.1. The highest BCUT2D eigenvalue weighted by Gasteiger charge is 2.37. The molecule has 0 radical (unpaired) electrons. The second-order valence-corrected chi connectivity index (χ2v) is 7.04. The van der Waals surface area contributed by atoms with Gasteiger partial charge in [-0.1, -0.05) is 18.2 Å². The van der Waals surface area contributed by atoms with E-state index in [9.17, 15) is 27.6 Å². The van der Waals surface area contributed by atoms with E-state index in [1.165, 1.54) is 11.0 Å². The first-order valence-electron chi connectivity index (χ1n) is 9.85. The van der Waals surface area contributed by atoms with Gasteiger partial charge in [0.25, 0.3) is 5.91 Å². The molecule has 1 saturated heterocycles. The van der Waals surface area contributed by atoms with Gasteiger partial charge in [0.15, 0.2) is 6.61 Å². The molecule has 1 heterocycles. The Kier molecular flexibility index (Phi) is 7.01. The van der Waals surface area contributed by atoms with Crippen molar-refractivity contribution in [2.45, 2.75) is 19.5 Å². The Morgan fingerprint density at radius 1 is 1.16 bits per heavy atom. The van der Waals surface area contributed by atoms with Gasteiger partial charge in [0.1, 0.15) is 5.75 Å². The molecule has 0 aromatic heterocycles. The van der Waals surface area contributed by atoms with Crippen LogP contribution in [-0.2, 0) is 25.3 Å². The highest BCUT2D eigenvalue weighted by atomic mass is 19.4. The summed E-state index contributed by atoms with van der Waals surface area (Å²) in [5.74, 6) is -2.08. The van der Waals surface area contributed by atoms with Crippen LogP contribution in [0.15, 0.2) is 48.5 Å². The third-order valence-corrected chi connectivity index (χ3v) is 4.73. The minimum Gasteiger partial charge on any atom is -0.492 e. The van der Waals surface area contributed by atoms with Crippen LogP contribution in [0.3, 0.4) is 0 Å². The van der Waals surface area contributed by atoms with Gasteiger partial charge in [-0.05, 0) is 37.3 Å². The minimum absolute atomic E-state index is 0.0665. The summed E-state index contributed by atoms with van der Waals surface area (Å²) in [6, 6.07) is 11.0. The molecule has 1 aliphatic heterocycles. The Bertz CT molecular complexity index is 1010. The number of esters is 1. The number of benzene rings is 2. The molecule has 1 fully saturated rings. The predicted octanol–water partition coefficient (Wildman–Crippen LogP) is 3.64. The summed E-state index contributed by atoms with van der Waals surface area (Å²) in [5.41, 5.74) is -0.447. The van der Waals surface area contributed by atoms with Crippen LogP contribution < -0.4 is 15.0 Å². The van der Waals surface area contributed by atoms with Gasteiger partial charge in [-0.25, -0.2) is 0 Å². The number of amides is 2. The van der Waals surface area contributed by atoms with Gasteiger partial charge < -0.3 is 19.7 Å². The third-order valence-electron chi connectivity index (χ3n) is 4.73. The summed E-state index contributed by atoms with van der Waals surface area (Å²) in [5, 5.41) is 2.26. The summed E-state index contributed by atoms with van der Waals surface area (Å²) in [7, 11) is 0. The minimum atomic E-state index is -4.55. The molecular weight excluding hydrogens is 429 g/mol.